The molecular formula is C62H62N6O8. The summed E-state index contributed by atoms with van der Waals surface area (Å²) in [6.45, 7) is 25.5. The molecule has 2 aromatic carbocycles. The third-order valence-electron chi connectivity index (χ3n) is 15.0. The molecule has 1 aliphatic rings. The van der Waals surface area contributed by atoms with Crippen LogP contribution in [-0.4, -0.2) is 54.7 Å². The van der Waals surface area contributed by atoms with E-state index in [9.17, 15) is 0 Å². The maximum absolute atomic E-state index is 6.55. The topological polar surface area (TPSA) is 131 Å². The van der Waals surface area contributed by atoms with Crippen LogP contribution in [0.15, 0.2) is 123 Å². The number of furan rings is 3. The number of rotatable bonds is 16. The second kappa shape index (κ2) is 19.0. The second-order valence-electron chi connectivity index (χ2n) is 19.7. The van der Waals surface area contributed by atoms with Gasteiger partial charge in [-0.25, -0.2) is 0 Å². The number of fused-ring (bicyclic) bond motifs is 6. The molecule has 0 spiro atoms. The van der Waals surface area contributed by atoms with E-state index in [1.165, 1.54) is 11.1 Å². The van der Waals surface area contributed by atoms with Gasteiger partial charge in [-0.3, -0.25) is 9.97 Å². The van der Waals surface area contributed by atoms with Gasteiger partial charge in [-0.15, -0.1) is 0 Å². The quantitative estimate of drug-likeness (QED) is 0.0922. The second-order valence-corrected chi connectivity index (χ2v) is 19.7. The van der Waals surface area contributed by atoms with Gasteiger partial charge in [0.25, 0.3) is 23.8 Å². The molecule has 0 saturated heterocycles. The number of hydrogen-bond donors (Lipinski definition) is 0. The van der Waals surface area contributed by atoms with Crippen molar-refractivity contribution in [1.82, 2.24) is 28.2 Å². The van der Waals surface area contributed by atoms with Gasteiger partial charge in [0.2, 0.25) is 0 Å². The number of pyridine rings is 2. The number of aromatic nitrogens is 6. The highest BCUT2D eigenvalue weighted by molar-refractivity contribution is 6.14. The Balaban J connectivity index is 1.07. The van der Waals surface area contributed by atoms with Gasteiger partial charge in [0.05, 0.1) is 81.7 Å². The van der Waals surface area contributed by atoms with E-state index in [0.717, 1.165) is 99.9 Å². The first-order valence-corrected chi connectivity index (χ1v) is 26.3. The van der Waals surface area contributed by atoms with Crippen LogP contribution in [0.4, 0.5) is 0 Å². The summed E-state index contributed by atoms with van der Waals surface area (Å²) in [4.78, 5) is 10.6. The standard InChI is InChI=1S/C62H62N6O8/c1-12-69-50-23-20-47(73-50)41-29-66(30-42(41)48-21-24-51(74-48)70-13-2)60-39(10)38(9)40(11)61-55(60)57-46(19-18-37(8)64-57)68(61)33-67-45-17-16-26-63-56(45)54-58(34(5)27-35(6)59(54)67)65-31-43(49-22-25-52(75-49)71-14-3)44(32-65)62-36(7)28-53(76-62)72-15-4/h16-32,36,62H,12-15,33H2,1-11H3. The number of ether oxygens (including phenoxy) is 5. The summed E-state index contributed by atoms with van der Waals surface area (Å²) in [5.41, 5.74) is 18.3. The summed E-state index contributed by atoms with van der Waals surface area (Å²) in [6, 6.07) is 22.3. The smallest absolute Gasteiger partial charge is 0.284 e. The normalized spacial score (nSPS) is 14.7. The van der Waals surface area contributed by atoms with E-state index in [1.807, 2.05) is 76.4 Å². The summed E-state index contributed by atoms with van der Waals surface area (Å²) in [7, 11) is 0. The Morgan fingerprint density at radius 1 is 0.553 bits per heavy atom. The van der Waals surface area contributed by atoms with Crippen molar-refractivity contribution < 1.29 is 36.9 Å². The van der Waals surface area contributed by atoms with E-state index >= 15 is 0 Å². The molecule has 1 aliphatic heterocycles. The van der Waals surface area contributed by atoms with E-state index < -0.39 is 0 Å². The number of hydrogen-bond acceptors (Lipinski definition) is 10. The minimum Gasteiger partial charge on any atom is -0.466 e. The van der Waals surface area contributed by atoms with Crippen molar-refractivity contribution in [2.75, 3.05) is 26.4 Å². The molecule has 388 valence electrons. The lowest BCUT2D eigenvalue weighted by Crippen LogP contribution is -2.10. The Morgan fingerprint density at radius 2 is 1.12 bits per heavy atom. The minimum atomic E-state index is -0.312. The molecule has 0 N–H and O–H groups in total. The van der Waals surface area contributed by atoms with Crippen LogP contribution in [0.1, 0.15) is 79.8 Å². The molecule has 12 rings (SSSR count). The summed E-state index contributed by atoms with van der Waals surface area (Å²) < 4.78 is 58.2. The molecule has 0 aliphatic carbocycles. The van der Waals surface area contributed by atoms with Crippen molar-refractivity contribution in [1.29, 1.82) is 0 Å². The van der Waals surface area contributed by atoms with Crippen molar-refractivity contribution in [2.45, 2.75) is 88.9 Å². The fraction of sp³-hybridized carbons (Fsp3) is 0.290. The molecule has 0 amide bonds. The number of aryl methyl sites for hydroxylation is 4. The van der Waals surface area contributed by atoms with Crippen LogP contribution >= 0.6 is 0 Å². The van der Waals surface area contributed by atoms with Crippen molar-refractivity contribution in [3.05, 3.63) is 149 Å². The van der Waals surface area contributed by atoms with Gasteiger partial charge in [-0.1, -0.05) is 13.0 Å². The largest absolute Gasteiger partial charge is 0.466 e. The highest BCUT2D eigenvalue weighted by Crippen LogP contribution is 2.47. The lowest BCUT2D eigenvalue weighted by Gasteiger charge is -2.19. The predicted octanol–water partition coefficient (Wildman–Crippen LogP) is 15.2. The van der Waals surface area contributed by atoms with E-state index in [4.69, 9.17) is 46.9 Å². The molecule has 0 bridgehead atoms. The van der Waals surface area contributed by atoms with Crippen molar-refractivity contribution in [3.63, 3.8) is 0 Å². The van der Waals surface area contributed by atoms with E-state index in [-0.39, 0.29) is 12.0 Å². The van der Waals surface area contributed by atoms with Gasteiger partial charge in [0.15, 0.2) is 0 Å². The maximum atomic E-state index is 6.55. The zero-order valence-electron chi connectivity index (χ0n) is 45.0. The molecule has 14 nitrogen and oxygen atoms in total. The molecule has 0 saturated carbocycles. The summed E-state index contributed by atoms with van der Waals surface area (Å²) in [6.07, 6.45) is 12.2. The van der Waals surface area contributed by atoms with Crippen molar-refractivity contribution >= 4 is 43.9 Å². The lowest BCUT2D eigenvalue weighted by atomic mass is 9.97. The number of nitrogens with zero attached hydrogens (tertiary/aromatic N) is 6. The monoisotopic (exact) mass is 1020 g/mol. The lowest BCUT2D eigenvalue weighted by molar-refractivity contribution is 0.00774. The highest BCUT2D eigenvalue weighted by Gasteiger charge is 2.34. The van der Waals surface area contributed by atoms with E-state index in [1.54, 1.807) is 0 Å². The molecule has 0 radical (unpaired) electrons. The Bertz CT molecular complexity index is 4010. The molecule has 0 fully saturated rings. The van der Waals surface area contributed by atoms with Gasteiger partial charge >= 0.3 is 0 Å². The summed E-state index contributed by atoms with van der Waals surface area (Å²) in [5, 5.41) is 2.10. The van der Waals surface area contributed by atoms with Crippen LogP contribution < -0.4 is 14.2 Å². The average molecular weight is 1020 g/mol. The van der Waals surface area contributed by atoms with Crippen LogP contribution in [-0.2, 0) is 16.1 Å². The van der Waals surface area contributed by atoms with Gasteiger partial charge in [-0.2, -0.15) is 0 Å². The Morgan fingerprint density at radius 3 is 1.75 bits per heavy atom. The SMILES string of the molecule is CCOC1=CC(C)C(c2cn(-c3c(C)cc(C)c4c3c3ncccc3n4Cn3c4ccc(C)nc4c4c(-n5cc(-c6ccc(OCC)o6)c(-c6ccc(OCC)o6)c5)c(C)c(C)c(C)c43)cc2-c2ccc(OCC)o2)O1. The fourth-order valence-corrected chi connectivity index (χ4v) is 11.5. The molecule has 10 heterocycles. The fourth-order valence-electron chi connectivity index (χ4n) is 11.5. The minimum absolute atomic E-state index is 0.0393. The zero-order chi connectivity index (χ0) is 52.7. The van der Waals surface area contributed by atoms with Crippen LogP contribution in [0.2, 0.25) is 0 Å². The van der Waals surface area contributed by atoms with E-state index in [0.29, 0.717) is 74.2 Å². The molecular weight excluding hydrogens is 957 g/mol. The average Bonchev–Trinajstić information content (AvgIpc) is 4.38. The van der Waals surface area contributed by atoms with Gasteiger partial charge in [-0.05, 0) is 140 Å². The first kappa shape index (κ1) is 48.4. The van der Waals surface area contributed by atoms with Gasteiger partial charge in [0, 0.05) is 89.1 Å². The highest BCUT2D eigenvalue weighted by atomic mass is 16.7. The first-order valence-electron chi connectivity index (χ1n) is 26.3. The first-order chi connectivity index (χ1) is 36.9. The molecule has 2 atom stereocenters. The molecule has 76 heavy (non-hydrogen) atoms. The van der Waals surface area contributed by atoms with Gasteiger partial charge < -0.3 is 55.2 Å². The third-order valence-corrected chi connectivity index (χ3v) is 15.0. The Hall–Kier alpha value is -8.52. The van der Waals surface area contributed by atoms with Crippen molar-refractivity contribution in [2.24, 2.45) is 5.92 Å². The van der Waals surface area contributed by atoms with Crippen molar-refractivity contribution in [3.8, 4) is 63.2 Å². The van der Waals surface area contributed by atoms with Crippen LogP contribution in [0, 0.1) is 47.5 Å². The Kier molecular flexibility index (Phi) is 12.1. The van der Waals surface area contributed by atoms with Crippen LogP contribution in [0.5, 0.6) is 17.8 Å². The van der Waals surface area contributed by atoms with E-state index in [2.05, 4.69) is 122 Å². The third kappa shape index (κ3) is 7.83. The number of benzene rings is 2. The van der Waals surface area contributed by atoms with Gasteiger partial charge in [0.1, 0.15) is 30.1 Å². The summed E-state index contributed by atoms with van der Waals surface area (Å²) >= 11 is 0. The Labute approximate surface area is 440 Å². The van der Waals surface area contributed by atoms with Crippen LogP contribution in [0.25, 0.3) is 89.2 Å². The predicted molar refractivity (Wildman–Crippen MR) is 296 cm³/mol. The van der Waals surface area contributed by atoms with Crippen LogP contribution in [0.3, 0.4) is 0 Å². The molecule has 9 aromatic heterocycles. The molecule has 14 heteroatoms. The zero-order valence-corrected chi connectivity index (χ0v) is 45.0. The molecule has 11 aromatic rings. The molecule has 2 unspecified atom stereocenters. The maximum Gasteiger partial charge on any atom is 0.284 e. The summed E-state index contributed by atoms with van der Waals surface area (Å²) in [5.74, 6) is 3.95.